The molecule has 0 unspecified atom stereocenters. The van der Waals surface area contributed by atoms with Crippen LogP contribution in [0.4, 0.5) is 0 Å². The van der Waals surface area contributed by atoms with E-state index in [4.69, 9.17) is 16.2 Å². The van der Waals surface area contributed by atoms with Gasteiger partial charge in [-0.3, -0.25) is 9.59 Å². The van der Waals surface area contributed by atoms with E-state index < -0.39 is 0 Å². The largest absolute Gasteiger partial charge is 0.393 e. The third-order valence-electron chi connectivity index (χ3n) is 4.15. The number of ether oxygens (including phenoxy) is 1. The van der Waals surface area contributed by atoms with Gasteiger partial charge in [-0.05, 0) is 38.8 Å². The highest BCUT2D eigenvalue weighted by Gasteiger charge is 2.09. The average molecular weight is 343 g/mol. The van der Waals surface area contributed by atoms with E-state index in [0.717, 1.165) is 77.3 Å². The van der Waals surface area contributed by atoms with Gasteiger partial charge in [0.15, 0.2) is 0 Å². The van der Waals surface area contributed by atoms with Crippen LogP contribution in [0.15, 0.2) is 0 Å². The summed E-state index contributed by atoms with van der Waals surface area (Å²) in [5.41, 5.74) is 10.9. The first kappa shape index (κ1) is 23.1. The van der Waals surface area contributed by atoms with E-state index in [1.54, 1.807) is 0 Å². The molecule has 0 rings (SSSR count). The lowest BCUT2D eigenvalue weighted by Gasteiger charge is -2.04. The molecule has 0 bridgehead atoms. The average Bonchev–Trinajstić information content (AvgIpc) is 2.56. The lowest BCUT2D eigenvalue weighted by molar-refractivity contribution is -0.159. The van der Waals surface area contributed by atoms with Crippen LogP contribution in [0, 0.1) is 0 Å². The van der Waals surface area contributed by atoms with E-state index in [1.165, 1.54) is 19.3 Å². The van der Waals surface area contributed by atoms with Crippen LogP contribution in [0.1, 0.15) is 96.3 Å². The fourth-order valence-electron chi connectivity index (χ4n) is 2.65. The molecule has 0 aromatic carbocycles. The second-order valence-corrected chi connectivity index (χ2v) is 6.52. The van der Waals surface area contributed by atoms with Crippen LogP contribution in [0.5, 0.6) is 0 Å². The summed E-state index contributed by atoms with van der Waals surface area (Å²) >= 11 is 0. The number of carbonyl (C=O) groups is 2. The van der Waals surface area contributed by atoms with Crippen LogP contribution in [-0.4, -0.2) is 25.0 Å². The Morgan fingerprint density at radius 2 is 0.792 bits per heavy atom. The van der Waals surface area contributed by atoms with Gasteiger partial charge in [-0.25, -0.2) is 0 Å². The van der Waals surface area contributed by atoms with E-state index in [9.17, 15) is 9.59 Å². The monoisotopic (exact) mass is 342 g/mol. The van der Waals surface area contributed by atoms with Crippen LogP contribution in [0.25, 0.3) is 0 Å². The SMILES string of the molecule is NCCCCCCCCCC(=O)OC(=O)CCCCCCCCN. The summed E-state index contributed by atoms with van der Waals surface area (Å²) in [6.45, 7) is 1.52. The van der Waals surface area contributed by atoms with Crippen molar-refractivity contribution in [2.45, 2.75) is 96.3 Å². The lowest BCUT2D eigenvalue weighted by atomic mass is 10.1. The Kier molecular flexibility index (Phi) is 17.7. The Balaban J connectivity index is 3.35. The number of rotatable bonds is 17. The topological polar surface area (TPSA) is 95.4 Å². The molecule has 0 radical (unpaired) electrons. The van der Waals surface area contributed by atoms with Crippen molar-refractivity contribution in [1.82, 2.24) is 0 Å². The van der Waals surface area contributed by atoms with Gasteiger partial charge in [0.2, 0.25) is 0 Å². The van der Waals surface area contributed by atoms with Gasteiger partial charge in [0, 0.05) is 12.8 Å². The van der Waals surface area contributed by atoms with Gasteiger partial charge in [0.25, 0.3) is 0 Å². The normalized spacial score (nSPS) is 10.8. The predicted octanol–water partition coefficient (Wildman–Crippen LogP) is 3.83. The van der Waals surface area contributed by atoms with Gasteiger partial charge in [-0.15, -0.1) is 0 Å². The second-order valence-electron chi connectivity index (χ2n) is 6.52. The van der Waals surface area contributed by atoms with E-state index >= 15 is 0 Å². The molecular formula is C19H38N2O3. The zero-order chi connectivity index (χ0) is 17.9. The standard InChI is InChI=1S/C19H38N2O3/c20-16-12-8-4-1-2-6-10-14-18(22)24-19(23)15-11-7-3-5-9-13-17-21/h1-17,20-21H2. The van der Waals surface area contributed by atoms with Crippen molar-refractivity contribution >= 4 is 11.9 Å². The third kappa shape index (κ3) is 17.4. The number of nitrogens with two attached hydrogens (primary N) is 2. The van der Waals surface area contributed by atoms with Gasteiger partial charge in [-0.2, -0.15) is 0 Å². The van der Waals surface area contributed by atoms with Crippen molar-refractivity contribution in [3.8, 4) is 0 Å². The van der Waals surface area contributed by atoms with Crippen molar-refractivity contribution in [2.24, 2.45) is 11.5 Å². The Bertz CT molecular complexity index is 309. The predicted molar refractivity (Wildman–Crippen MR) is 98.5 cm³/mol. The van der Waals surface area contributed by atoms with Gasteiger partial charge in [0.05, 0.1) is 0 Å². The molecule has 0 atom stereocenters. The summed E-state index contributed by atoms with van der Waals surface area (Å²) in [6, 6.07) is 0. The van der Waals surface area contributed by atoms with E-state index in [2.05, 4.69) is 0 Å². The van der Waals surface area contributed by atoms with Gasteiger partial charge in [0.1, 0.15) is 0 Å². The zero-order valence-electron chi connectivity index (χ0n) is 15.4. The maximum absolute atomic E-state index is 11.6. The summed E-state index contributed by atoms with van der Waals surface area (Å²) in [7, 11) is 0. The number of esters is 2. The lowest BCUT2D eigenvalue weighted by Crippen LogP contribution is -2.11. The molecule has 0 saturated carbocycles. The van der Waals surface area contributed by atoms with Crippen LogP contribution >= 0.6 is 0 Å². The molecular weight excluding hydrogens is 304 g/mol. The molecule has 0 saturated heterocycles. The molecule has 0 aliphatic carbocycles. The summed E-state index contributed by atoms with van der Waals surface area (Å²) in [5.74, 6) is -0.741. The van der Waals surface area contributed by atoms with Crippen molar-refractivity contribution < 1.29 is 14.3 Å². The van der Waals surface area contributed by atoms with Crippen molar-refractivity contribution in [1.29, 1.82) is 0 Å². The second kappa shape index (κ2) is 18.4. The first-order chi connectivity index (χ1) is 11.7. The van der Waals surface area contributed by atoms with E-state index in [0.29, 0.717) is 12.8 Å². The minimum Gasteiger partial charge on any atom is -0.393 e. The molecule has 0 aromatic heterocycles. The minimum absolute atomic E-state index is 0.351. The molecule has 0 spiro atoms. The molecule has 142 valence electrons. The fraction of sp³-hybridized carbons (Fsp3) is 0.895. The van der Waals surface area contributed by atoms with Gasteiger partial charge < -0.3 is 16.2 Å². The Hall–Kier alpha value is -0.940. The smallest absolute Gasteiger partial charge is 0.313 e. The molecule has 5 heteroatoms. The molecule has 0 aromatic rings. The van der Waals surface area contributed by atoms with E-state index in [-0.39, 0.29) is 11.9 Å². The highest BCUT2D eigenvalue weighted by Crippen LogP contribution is 2.10. The highest BCUT2D eigenvalue weighted by molar-refractivity contribution is 5.85. The third-order valence-corrected chi connectivity index (χ3v) is 4.15. The van der Waals surface area contributed by atoms with Crippen LogP contribution in [0.2, 0.25) is 0 Å². The fourth-order valence-corrected chi connectivity index (χ4v) is 2.65. The summed E-state index contributed by atoms with van der Waals surface area (Å²) in [4.78, 5) is 23.1. The van der Waals surface area contributed by atoms with Gasteiger partial charge in [-0.1, -0.05) is 57.8 Å². The molecule has 0 heterocycles. The number of hydrogen-bond donors (Lipinski definition) is 2. The number of hydrogen-bond acceptors (Lipinski definition) is 5. The van der Waals surface area contributed by atoms with Gasteiger partial charge >= 0.3 is 11.9 Å². The molecule has 0 aliphatic rings. The zero-order valence-corrected chi connectivity index (χ0v) is 15.4. The number of carbonyl (C=O) groups excluding carboxylic acids is 2. The summed E-state index contributed by atoms with van der Waals surface area (Å²) < 4.78 is 4.85. The first-order valence-electron chi connectivity index (χ1n) is 9.84. The quantitative estimate of drug-likeness (QED) is 0.238. The van der Waals surface area contributed by atoms with Crippen LogP contribution < -0.4 is 11.5 Å². The summed E-state index contributed by atoms with van der Waals surface area (Å²) in [5, 5.41) is 0. The molecule has 0 fully saturated rings. The Morgan fingerprint density at radius 3 is 1.12 bits per heavy atom. The highest BCUT2D eigenvalue weighted by atomic mass is 16.6. The van der Waals surface area contributed by atoms with E-state index in [1.807, 2.05) is 0 Å². The Morgan fingerprint density at radius 1 is 0.500 bits per heavy atom. The number of unbranched alkanes of at least 4 members (excludes halogenated alkanes) is 11. The van der Waals surface area contributed by atoms with Crippen LogP contribution in [0.3, 0.4) is 0 Å². The van der Waals surface area contributed by atoms with Crippen LogP contribution in [-0.2, 0) is 14.3 Å². The molecule has 0 aliphatic heterocycles. The molecule has 0 amide bonds. The summed E-state index contributed by atoms with van der Waals surface area (Å²) in [6.07, 6.45) is 14.7. The molecule has 24 heavy (non-hydrogen) atoms. The molecule has 5 nitrogen and oxygen atoms in total. The molecule has 4 N–H and O–H groups in total. The van der Waals surface area contributed by atoms with Crippen molar-refractivity contribution in [2.75, 3.05) is 13.1 Å². The maximum atomic E-state index is 11.6. The van der Waals surface area contributed by atoms with Crippen molar-refractivity contribution in [3.63, 3.8) is 0 Å². The maximum Gasteiger partial charge on any atom is 0.313 e. The van der Waals surface area contributed by atoms with Crippen molar-refractivity contribution in [3.05, 3.63) is 0 Å². The minimum atomic E-state index is -0.372. The Labute approximate surface area is 147 Å². The first-order valence-corrected chi connectivity index (χ1v) is 9.84.